The highest BCUT2D eigenvalue weighted by molar-refractivity contribution is 7.16. The Morgan fingerprint density at radius 3 is 3.00 bits per heavy atom. The van der Waals surface area contributed by atoms with Gasteiger partial charge in [0.25, 0.3) is 0 Å². The van der Waals surface area contributed by atoms with E-state index in [4.69, 9.17) is 10.5 Å². The summed E-state index contributed by atoms with van der Waals surface area (Å²) in [6, 6.07) is 1.96. The lowest BCUT2D eigenvalue weighted by molar-refractivity contribution is 0.146. The smallest absolute Gasteiger partial charge is 0.146 e. The fourth-order valence-corrected chi connectivity index (χ4v) is 2.56. The number of nitrogen functional groups attached to an aromatic ring is 1. The predicted molar refractivity (Wildman–Crippen MR) is 74.7 cm³/mol. The molecule has 2 heterocycles. The number of methoxy groups -OCH3 is 1. The minimum absolute atomic E-state index is 0.569. The van der Waals surface area contributed by atoms with Gasteiger partial charge in [-0.2, -0.15) is 0 Å². The Kier molecular flexibility index (Phi) is 4.46. The second kappa shape index (κ2) is 6.08. The minimum Gasteiger partial charge on any atom is -0.383 e. The van der Waals surface area contributed by atoms with Crippen LogP contribution in [-0.2, 0) is 11.3 Å². The third-order valence-electron chi connectivity index (χ3n) is 2.82. The van der Waals surface area contributed by atoms with Gasteiger partial charge in [0.15, 0.2) is 0 Å². The zero-order valence-corrected chi connectivity index (χ0v) is 11.5. The van der Waals surface area contributed by atoms with E-state index in [9.17, 15) is 0 Å². The molecule has 0 atom stereocenters. The maximum Gasteiger partial charge on any atom is 0.146 e. The Hall–Kier alpha value is -1.24. The maximum atomic E-state index is 5.93. The van der Waals surface area contributed by atoms with Crippen molar-refractivity contribution in [1.29, 1.82) is 0 Å². The number of fused-ring (bicyclic) bond motifs is 1. The van der Waals surface area contributed by atoms with Gasteiger partial charge in [0.05, 0.1) is 18.5 Å². The lowest BCUT2D eigenvalue weighted by Gasteiger charge is -2.18. The summed E-state index contributed by atoms with van der Waals surface area (Å²) >= 11 is 1.59. The number of likely N-dealkylation sites (N-methyl/N-ethyl adjacent to an activating group) is 1. The molecule has 2 aromatic rings. The summed E-state index contributed by atoms with van der Waals surface area (Å²) in [5.41, 5.74) is 5.93. The topological polar surface area (TPSA) is 64.3 Å². The summed E-state index contributed by atoms with van der Waals surface area (Å²) in [6.07, 6.45) is 0. The van der Waals surface area contributed by atoms with Crippen molar-refractivity contribution < 1.29 is 4.74 Å². The van der Waals surface area contributed by atoms with E-state index in [-0.39, 0.29) is 0 Å². The van der Waals surface area contributed by atoms with E-state index in [1.54, 1.807) is 18.4 Å². The van der Waals surface area contributed by atoms with Crippen LogP contribution in [-0.4, -0.2) is 41.7 Å². The van der Waals surface area contributed by atoms with Crippen LogP contribution in [0.25, 0.3) is 10.2 Å². The highest BCUT2D eigenvalue weighted by Gasteiger charge is 2.09. The summed E-state index contributed by atoms with van der Waals surface area (Å²) in [5.74, 6) is 1.35. The standard InChI is InChI=1S/C12H18N4OS/c1-3-16(5-6-17-2)8-10-14-11(13)9-4-7-18-12(9)15-10/h4,7H,3,5-6,8H2,1-2H3,(H2,13,14,15). The largest absolute Gasteiger partial charge is 0.383 e. The van der Waals surface area contributed by atoms with Crippen molar-refractivity contribution in [1.82, 2.24) is 14.9 Å². The Bertz CT molecular complexity index is 514. The number of aromatic nitrogens is 2. The van der Waals surface area contributed by atoms with Crippen molar-refractivity contribution >= 4 is 27.4 Å². The average Bonchev–Trinajstić information content (AvgIpc) is 2.83. The van der Waals surface area contributed by atoms with Gasteiger partial charge in [-0.25, -0.2) is 9.97 Å². The van der Waals surface area contributed by atoms with Crippen molar-refractivity contribution in [3.8, 4) is 0 Å². The highest BCUT2D eigenvalue weighted by atomic mass is 32.1. The van der Waals surface area contributed by atoms with E-state index in [1.807, 2.05) is 11.4 Å². The van der Waals surface area contributed by atoms with Crippen molar-refractivity contribution in [2.24, 2.45) is 0 Å². The summed E-state index contributed by atoms with van der Waals surface area (Å²) in [4.78, 5) is 12.1. The molecule has 0 bridgehead atoms. The van der Waals surface area contributed by atoms with E-state index in [2.05, 4.69) is 21.8 Å². The number of hydrogen-bond donors (Lipinski definition) is 1. The SMILES string of the molecule is CCN(CCOC)Cc1nc(N)c2ccsc2n1. The maximum absolute atomic E-state index is 5.93. The normalized spacial score (nSPS) is 11.5. The zero-order chi connectivity index (χ0) is 13.0. The molecule has 0 spiro atoms. The van der Waals surface area contributed by atoms with Crippen LogP contribution in [0.15, 0.2) is 11.4 Å². The molecule has 0 fully saturated rings. The quantitative estimate of drug-likeness (QED) is 0.863. The Morgan fingerprint density at radius 2 is 2.28 bits per heavy atom. The summed E-state index contributed by atoms with van der Waals surface area (Å²) in [7, 11) is 1.71. The van der Waals surface area contributed by atoms with Crippen molar-refractivity contribution in [2.45, 2.75) is 13.5 Å². The number of anilines is 1. The van der Waals surface area contributed by atoms with Gasteiger partial charge >= 0.3 is 0 Å². The van der Waals surface area contributed by atoms with Gasteiger partial charge in [0.1, 0.15) is 16.5 Å². The lowest BCUT2D eigenvalue weighted by Crippen LogP contribution is -2.27. The molecule has 0 radical (unpaired) electrons. The molecular formula is C12H18N4OS. The molecule has 2 N–H and O–H groups in total. The average molecular weight is 266 g/mol. The van der Waals surface area contributed by atoms with Crippen LogP contribution in [0.1, 0.15) is 12.7 Å². The van der Waals surface area contributed by atoms with Crippen molar-refractivity contribution in [3.05, 3.63) is 17.3 Å². The van der Waals surface area contributed by atoms with E-state index in [1.165, 1.54) is 0 Å². The molecule has 98 valence electrons. The van der Waals surface area contributed by atoms with Crippen LogP contribution in [0, 0.1) is 0 Å². The second-order valence-electron chi connectivity index (χ2n) is 4.03. The number of nitrogens with two attached hydrogens (primary N) is 1. The lowest BCUT2D eigenvalue weighted by atomic mass is 10.3. The molecule has 18 heavy (non-hydrogen) atoms. The van der Waals surface area contributed by atoms with Gasteiger partial charge in [-0.15, -0.1) is 11.3 Å². The van der Waals surface area contributed by atoms with Crippen LogP contribution in [0.2, 0.25) is 0 Å². The number of nitrogens with zero attached hydrogens (tertiary/aromatic N) is 3. The number of thiophene rings is 1. The number of ether oxygens (including phenoxy) is 1. The van der Waals surface area contributed by atoms with Crippen LogP contribution < -0.4 is 5.73 Å². The first kappa shape index (κ1) is 13.2. The molecule has 0 amide bonds. The Labute approximate surface area is 111 Å². The van der Waals surface area contributed by atoms with Crippen LogP contribution in [0.5, 0.6) is 0 Å². The third-order valence-corrected chi connectivity index (χ3v) is 3.63. The van der Waals surface area contributed by atoms with Gasteiger partial charge in [-0.1, -0.05) is 6.92 Å². The molecule has 0 aliphatic heterocycles. The van der Waals surface area contributed by atoms with Crippen molar-refractivity contribution in [2.75, 3.05) is 32.5 Å². The molecule has 0 aliphatic carbocycles. The fourth-order valence-electron chi connectivity index (χ4n) is 1.76. The molecule has 0 aromatic carbocycles. The van der Waals surface area contributed by atoms with E-state index in [0.29, 0.717) is 19.0 Å². The summed E-state index contributed by atoms with van der Waals surface area (Å²) in [5, 5.41) is 2.94. The first-order chi connectivity index (χ1) is 8.74. The third kappa shape index (κ3) is 2.95. The first-order valence-corrected chi connectivity index (χ1v) is 6.83. The van der Waals surface area contributed by atoms with Gasteiger partial charge in [-0.3, -0.25) is 4.90 Å². The summed E-state index contributed by atoms with van der Waals surface area (Å²) in [6.45, 7) is 5.35. The Morgan fingerprint density at radius 1 is 1.44 bits per heavy atom. The molecule has 0 unspecified atom stereocenters. The van der Waals surface area contributed by atoms with Gasteiger partial charge < -0.3 is 10.5 Å². The minimum atomic E-state index is 0.569. The molecular weight excluding hydrogens is 248 g/mol. The van der Waals surface area contributed by atoms with Crippen LogP contribution in [0.4, 0.5) is 5.82 Å². The molecule has 0 aliphatic rings. The molecule has 2 aromatic heterocycles. The molecule has 0 saturated carbocycles. The van der Waals surface area contributed by atoms with Crippen molar-refractivity contribution in [3.63, 3.8) is 0 Å². The molecule has 0 saturated heterocycles. The van der Waals surface area contributed by atoms with E-state index >= 15 is 0 Å². The van der Waals surface area contributed by atoms with Crippen LogP contribution >= 0.6 is 11.3 Å². The Balaban J connectivity index is 2.14. The van der Waals surface area contributed by atoms with E-state index < -0.39 is 0 Å². The monoisotopic (exact) mass is 266 g/mol. The zero-order valence-electron chi connectivity index (χ0n) is 10.7. The highest BCUT2D eigenvalue weighted by Crippen LogP contribution is 2.23. The molecule has 2 rings (SSSR count). The van der Waals surface area contributed by atoms with E-state index in [0.717, 1.165) is 29.1 Å². The first-order valence-electron chi connectivity index (χ1n) is 5.95. The number of rotatable bonds is 6. The van der Waals surface area contributed by atoms with Gasteiger partial charge in [0, 0.05) is 13.7 Å². The van der Waals surface area contributed by atoms with Crippen LogP contribution in [0.3, 0.4) is 0 Å². The number of hydrogen-bond acceptors (Lipinski definition) is 6. The second-order valence-corrected chi connectivity index (χ2v) is 4.92. The molecule has 6 heteroatoms. The molecule has 5 nitrogen and oxygen atoms in total. The predicted octanol–water partition coefficient (Wildman–Crippen LogP) is 1.74. The summed E-state index contributed by atoms with van der Waals surface area (Å²) < 4.78 is 5.09. The van der Waals surface area contributed by atoms with Gasteiger partial charge in [0.2, 0.25) is 0 Å². The van der Waals surface area contributed by atoms with Gasteiger partial charge in [-0.05, 0) is 18.0 Å². The fraction of sp³-hybridized carbons (Fsp3) is 0.500.